The maximum absolute atomic E-state index is 10.9. The van der Waals surface area contributed by atoms with Crippen molar-refractivity contribution in [3.63, 3.8) is 0 Å². The van der Waals surface area contributed by atoms with Crippen LogP contribution in [0.3, 0.4) is 0 Å². The zero-order chi connectivity index (χ0) is 16.6. The smallest absolute Gasteiger partial charge is 0.212 e. The van der Waals surface area contributed by atoms with Gasteiger partial charge in [0.25, 0.3) is 0 Å². The van der Waals surface area contributed by atoms with Crippen molar-refractivity contribution in [3.05, 3.63) is 29.8 Å². The van der Waals surface area contributed by atoms with Crippen LogP contribution < -0.4 is 4.74 Å². The first kappa shape index (κ1) is 15.6. The minimum Gasteiger partial charge on any atom is -0.485 e. The van der Waals surface area contributed by atoms with E-state index in [0.717, 1.165) is 30.8 Å². The molecule has 2 unspecified atom stereocenters. The maximum atomic E-state index is 10.9. The highest BCUT2D eigenvalue weighted by Crippen LogP contribution is 2.43. The highest BCUT2D eigenvalue weighted by molar-refractivity contribution is 5.82. The lowest BCUT2D eigenvalue weighted by atomic mass is 9.85. The molecule has 23 heavy (non-hydrogen) atoms. The van der Waals surface area contributed by atoms with Crippen LogP contribution in [0.5, 0.6) is 5.75 Å². The first-order chi connectivity index (χ1) is 11.0. The summed E-state index contributed by atoms with van der Waals surface area (Å²) < 4.78 is 5.98. The molecule has 1 aromatic carbocycles. The Labute approximate surface area is 136 Å². The number of hydrogen-bond acceptors (Lipinski definition) is 4. The lowest BCUT2D eigenvalue weighted by Crippen LogP contribution is -2.58. The zero-order valence-corrected chi connectivity index (χ0v) is 13.7. The fourth-order valence-corrected chi connectivity index (χ4v) is 3.41. The number of hydrogen-bond donors (Lipinski definition) is 1. The number of fused-ring (bicyclic) bond motifs is 1. The minimum atomic E-state index is -0.729. The first-order valence-electron chi connectivity index (χ1n) is 7.86. The lowest BCUT2D eigenvalue weighted by Gasteiger charge is -2.49. The minimum absolute atomic E-state index is 0.287. The largest absolute Gasteiger partial charge is 0.485 e. The van der Waals surface area contributed by atoms with Gasteiger partial charge in [0, 0.05) is 25.7 Å². The third-order valence-corrected chi connectivity index (χ3v) is 4.60. The predicted molar refractivity (Wildman–Crippen MR) is 86.9 cm³/mol. The number of aliphatic hydroxyl groups is 1. The molecule has 1 aromatic rings. The van der Waals surface area contributed by atoms with E-state index in [1.807, 2.05) is 61.2 Å². The van der Waals surface area contributed by atoms with Gasteiger partial charge in [-0.15, -0.1) is 4.99 Å². The number of guanidine groups is 1. The van der Waals surface area contributed by atoms with Crippen molar-refractivity contribution in [1.29, 1.82) is 5.26 Å². The van der Waals surface area contributed by atoms with Crippen LogP contribution >= 0.6 is 0 Å². The average molecular weight is 314 g/mol. The van der Waals surface area contributed by atoms with Crippen LogP contribution in [0.4, 0.5) is 0 Å². The summed E-state index contributed by atoms with van der Waals surface area (Å²) in [6.45, 7) is 5.36. The highest BCUT2D eigenvalue weighted by atomic mass is 16.5. The second-order valence-corrected chi connectivity index (χ2v) is 6.61. The molecule has 0 saturated carbocycles. The molecule has 1 N–H and O–H groups in total. The number of nitriles is 1. The Hall–Kier alpha value is -2.26. The molecule has 2 atom stereocenters. The van der Waals surface area contributed by atoms with Gasteiger partial charge in [-0.3, -0.25) is 0 Å². The van der Waals surface area contributed by atoms with E-state index in [2.05, 4.69) is 4.99 Å². The van der Waals surface area contributed by atoms with Crippen LogP contribution in [0.1, 0.15) is 31.9 Å². The third-order valence-electron chi connectivity index (χ3n) is 4.60. The molecule has 0 amide bonds. The Morgan fingerprint density at radius 3 is 2.83 bits per heavy atom. The Morgan fingerprint density at radius 1 is 1.35 bits per heavy atom. The highest BCUT2D eigenvalue weighted by Gasteiger charge is 2.47. The topological polar surface area (TPSA) is 72.1 Å². The molecule has 0 aromatic heterocycles. The number of benzene rings is 1. The molecule has 6 nitrogen and oxygen atoms in total. The molecular weight excluding hydrogens is 292 g/mol. The number of ether oxygens (including phenoxy) is 1. The van der Waals surface area contributed by atoms with Crippen molar-refractivity contribution < 1.29 is 9.84 Å². The monoisotopic (exact) mass is 314 g/mol. The maximum Gasteiger partial charge on any atom is 0.212 e. The molecule has 2 aliphatic heterocycles. The second kappa shape index (κ2) is 5.74. The van der Waals surface area contributed by atoms with Crippen molar-refractivity contribution in [2.45, 2.75) is 38.0 Å². The summed E-state index contributed by atoms with van der Waals surface area (Å²) in [6.07, 6.45) is 2.11. The summed E-state index contributed by atoms with van der Waals surface area (Å²) in [7, 11) is 1.92. The fraction of sp³-hybridized carbons (Fsp3) is 0.529. The zero-order valence-electron chi connectivity index (χ0n) is 13.7. The van der Waals surface area contributed by atoms with Gasteiger partial charge in [0.2, 0.25) is 12.2 Å². The van der Waals surface area contributed by atoms with Gasteiger partial charge in [-0.1, -0.05) is 18.2 Å². The van der Waals surface area contributed by atoms with Gasteiger partial charge in [-0.25, -0.2) is 0 Å². The average Bonchev–Trinajstić information content (AvgIpc) is 2.51. The second-order valence-electron chi connectivity index (χ2n) is 6.61. The van der Waals surface area contributed by atoms with Gasteiger partial charge < -0.3 is 19.6 Å². The first-order valence-corrected chi connectivity index (χ1v) is 7.86. The molecule has 6 heteroatoms. The number of aliphatic imine (C=N–C) groups is 1. The SMILES string of the molecule is CN1CCCN(C2c3ccccc3OC(C)(C)C2O)C1=NC#N. The van der Waals surface area contributed by atoms with E-state index in [1.165, 1.54) is 0 Å². The van der Waals surface area contributed by atoms with Gasteiger partial charge in [0.15, 0.2) is 0 Å². The lowest BCUT2D eigenvalue weighted by molar-refractivity contribution is -0.0846. The molecular formula is C17H22N4O2. The Morgan fingerprint density at radius 2 is 2.09 bits per heavy atom. The van der Waals surface area contributed by atoms with Gasteiger partial charge in [0.1, 0.15) is 17.5 Å². The predicted octanol–water partition coefficient (Wildman–Crippen LogP) is 1.73. The van der Waals surface area contributed by atoms with Crippen molar-refractivity contribution in [2.75, 3.05) is 20.1 Å². The molecule has 0 aliphatic carbocycles. The molecule has 3 rings (SSSR count). The molecule has 0 spiro atoms. The van der Waals surface area contributed by atoms with Gasteiger partial charge >= 0.3 is 0 Å². The number of aliphatic hydroxyl groups excluding tert-OH is 1. The van der Waals surface area contributed by atoms with Crippen molar-refractivity contribution in [3.8, 4) is 11.9 Å². The summed E-state index contributed by atoms with van der Waals surface area (Å²) in [5.41, 5.74) is 0.215. The van der Waals surface area contributed by atoms with Crippen LogP contribution in [0, 0.1) is 11.5 Å². The van der Waals surface area contributed by atoms with Crippen molar-refractivity contribution >= 4 is 5.96 Å². The summed E-state index contributed by atoms with van der Waals surface area (Å²) in [4.78, 5) is 7.99. The molecule has 2 aliphatic rings. The Balaban J connectivity index is 2.09. The van der Waals surface area contributed by atoms with Gasteiger partial charge in [0.05, 0.1) is 6.04 Å². The van der Waals surface area contributed by atoms with Crippen LogP contribution in [-0.4, -0.2) is 52.7 Å². The third kappa shape index (κ3) is 2.62. The van der Waals surface area contributed by atoms with Gasteiger partial charge in [-0.05, 0) is 26.3 Å². The standard InChI is InChI=1S/C17H22N4O2/c1-17(2)15(22)14(12-7-4-5-8-13(12)23-17)21-10-6-9-20(3)16(21)19-11-18/h4-5,7-8,14-15,22H,6,9-10H2,1-3H3. The van der Waals surface area contributed by atoms with E-state index in [4.69, 9.17) is 10.00 Å². The van der Waals surface area contributed by atoms with Gasteiger partial charge in [-0.2, -0.15) is 5.26 Å². The van der Waals surface area contributed by atoms with Crippen LogP contribution in [-0.2, 0) is 0 Å². The normalized spacial score (nSPS) is 28.0. The molecule has 0 bridgehead atoms. The number of rotatable bonds is 1. The van der Waals surface area contributed by atoms with Crippen molar-refractivity contribution in [1.82, 2.24) is 9.80 Å². The van der Waals surface area contributed by atoms with Crippen LogP contribution in [0.25, 0.3) is 0 Å². The Kier molecular flexibility index (Phi) is 3.90. The molecule has 0 radical (unpaired) electrons. The fourth-order valence-electron chi connectivity index (χ4n) is 3.41. The van der Waals surface area contributed by atoms with E-state index >= 15 is 0 Å². The summed E-state index contributed by atoms with van der Waals surface area (Å²) in [6, 6.07) is 7.47. The van der Waals surface area contributed by atoms with E-state index < -0.39 is 11.7 Å². The summed E-state index contributed by atoms with van der Waals surface area (Å²) >= 11 is 0. The molecule has 1 fully saturated rings. The van der Waals surface area contributed by atoms with E-state index in [1.54, 1.807) is 0 Å². The van der Waals surface area contributed by atoms with E-state index in [0.29, 0.717) is 5.96 Å². The van der Waals surface area contributed by atoms with Crippen LogP contribution in [0.15, 0.2) is 29.3 Å². The quantitative estimate of drug-likeness (QED) is 0.799. The van der Waals surface area contributed by atoms with E-state index in [9.17, 15) is 5.11 Å². The van der Waals surface area contributed by atoms with Crippen LogP contribution in [0.2, 0.25) is 0 Å². The molecule has 122 valence electrons. The number of nitrogens with zero attached hydrogens (tertiary/aromatic N) is 4. The summed E-state index contributed by atoms with van der Waals surface area (Å²) in [5.74, 6) is 1.38. The van der Waals surface area contributed by atoms with Crippen molar-refractivity contribution in [2.24, 2.45) is 4.99 Å². The summed E-state index contributed by atoms with van der Waals surface area (Å²) in [5, 5.41) is 20.0. The Bertz CT molecular complexity index is 665. The number of para-hydroxylation sites is 1. The van der Waals surface area contributed by atoms with E-state index in [-0.39, 0.29) is 6.04 Å². The molecule has 1 saturated heterocycles. The molecule has 2 heterocycles.